The summed E-state index contributed by atoms with van der Waals surface area (Å²) in [6, 6.07) is 0.683. The minimum absolute atomic E-state index is 0.367. The predicted molar refractivity (Wildman–Crippen MR) is 80.1 cm³/mol. The second-order valence-electron chi connectivity index (χ2n) is 6.78. The van der Waals surface area contributed by atoms with Gasteiger partial charge in [-0.05, 0) is 51.9 Å². The van der Waals surface area contributed by atoms with E-state index in [1.165, 1.54) is 39.0 Å². The van der Waals surface area contributed by atoms with Gasteiger partial charge < -0.3 is 10.2 Å². The third-order valence-corrected chi connectivity index (χ3v) is 3.85. The lowest BCUT2D eigenvalue weighted by molar-refractivity contribution is 0.134. The summed E-state index contributed by atoms with van der Waals surface area (Å²) in [6.07, 6.45) is 2.53. The Balaban J connectivity index is 2.43. The second-order valence-corrected chi connectivity index (χ2v) is 6.78. The van der Waals surface area contributed by atoms with E-state index in [9.17, 15) is 0 Å². The van der Waals surface area contributed by atoms with Gasteiger partial charge in [0, 0.05) is 25.7 Å². The summed E-state index contributed by atoms with van der Waals surface area (Å²) in [6.45, 7) is 16.6. The number of hydrogen-bond acceptors (Lipinski definition) is 3. The molecule has 0 aliphatic carbocycles. The van der Waals surface area contributed by atoms with Gasteiger partial charge in [0.1, 0.15) is 0 Å². The van der Waals surface area contributed by atoms with E-state index in [-0.39, 0.29) is 0 Å². The maximum atomic E-state index is 3.57. The highest BCUT2D eigenvalue weighted by atomic mass is 15.2. The van der Waals surface area contributed by atoms with Gasteiger partial charge in [0.25, 0.3) is 0 Å². The van der Waals surface area contributed by atoms with Crippen molar-refractivity contribution in [1.82, 2.24) is 15.1 Å². The Bertz CT molecular complexity index is 228. The lowest BCUT2D eigenvalue weighted by Gasteiger charge is -2.36. The molecule has 0 aromatic carbocycles. The van der Waals surface area contributed by atoms with Gasteiger partial charge in [0.2, 0.25) is 0 Å². The first-order valence-electron chi connectivity index (χ1n) is 7.58. The monoisotopic (exact) mass is 255 g/mol. The third kappa shape index (κ3) is 5.68. The summed E-state index contributed by atoms with van der Waals surface area (Å²) in [5, 5.41) is 3.57. The molecule has 1 fully saturated rings. The van der Waals surface area contributed by atoms with Gasteiger partial charge in [-0.3, -0.25) is 4.90 Å². The number of nitrogens with one attached hydrogen (secondary N) is 1. The lowest BCUT2D eigenvalue weighted by Crippen LogP contribution is -2.46. The van der Waals surface area contributed by atoms with Gasteiger partial charge >= 0.3 is 0 Å². The molecular weight excluding hydrogens is 222 g/mol. The number of nitrogens with zero attached hydrogens (tertiary/aromatic N) is 2. The number of rotatable bonds is 6. The number of likely N-dealkylation sites (N-methyl/N-ethyl adjacent to an activating group) is 1. The third-order valence-electron chi connectivity index (χ3n) is 3.85. The van der Waals surface area contributed by atoms with Crippen LogP contribution < -0.4 is 5.32 Å². The summed E-state index contributed by atoms with van der Waals surface area (Å²) < 4.78 is 0. The highest BCUT2D eigenvalue weighted by Crippen LogP contribution is 2.19. The largest absolute Gasteiger partial charge is 0.316 e. The minimum Gasteiger partial charge on any atom is -0.316 e. The van der Waals surface area contributed by atoms with Gasteiger partial charge in [-0.1, -0.05) is 20.8 Å². The zero-order valence-corrected chi connectivity index (χ0v) is 13.1. The van der Waals surface area contributed by atoms with Crippen LogP contribution in [0.2, 0.25) is 0 Å². The Labute approximate surface area is 114 Å². The van der Waals surface area contributed by atoms with E-state index in [1.807, 2.05) is 0 Å². The molecule has 0 amide bonds. The molecule has 3 heteroatoms. The average molecular weight is 255 g/mol. The second kappa shape index (κ2) is 7.46. The molecule has 1 heterocycles. The molecule has 108 valence electrons. The fourth-order valence-corrected chi connectivity index (χ4v) is 2.87. The van der Waals surface area contributed by atoms with E-state index in [2.05, 4.69) is 49.9 Å². The van der Waals surface area contributed by atoms with Crippen LogP contribution in [0.3, 0.4) is 0 Å². The Morgan fingerprint density at radius 2 is 2.00 bits per heavy atom. The Hall–Kier alpha value is -0.120. The molecule has 3 nitrogen and oxygen atoms in total. The summed E-state index contributed by atoms with van der Waals surface area (Å²) in [5.74, 6) is 0. The van der Waals surface area contributed by atoms with E-state index in [0.29, 0.717) is 11.5 Å². The zero-order chi connectivity index (χ0) is 13.6. The Morgan fingerprint density at radius 1 is 1.28 bits per heavy atom. The van der Waals surface area contributed by atoms with Crippen molar-refractivity contribution in [2.75, 3.05) is 46.3 Å². The first-order chi connectivity index (χ1) is 8.44. The van der Waals surface area contributed by atoms with Gasteiger partial charge in [0.05, 0.1) is 0 Å². The SMILES string of the molecule is CCCNCC(C)(C)CN1CCCN(C)CC1C. The normalized spacial score (nSPS) is 24.2. The van der Waals surface area contributed by atoms with Gasteiger partial charge in [-0.2, -0.15) is 0 Å². The lowest BCUT2D eigenvalue weighted by atomic mass is 9.92. The molecule has 0 bridgehead atoms. The summed E-state index contributed by atoms with van der Waals surface area (Å²) in [7, 11) is 2.24. The molecule has 1 aliphatic heterocycles. The van der Waals surface area contributed by atoms with Crippen LogP contribution in [0, 0.1) is 5.41 Å². The molecule has 1 unspecified atom stereocenters. The smallest absolute Gasteiger partial charge is 0.0195 e. The van der Waals surface area contributed by atoms with Crippen LogP contribution in [-0.4, -0.2) is 62.2 Å². The van der Waals surface area contributed by atoms with Crippen LogP contribution in [0.4, 0.5) is 0 Å². The van der Waals surface area contributed by atoms with E-state index in [4.69, 9.17) is 0 Å². The van der Waals surface area contributed by atoms with Crippen LogP contribution in [0.15, 0.2) is 0 Å². The molecule has 1 atom stereocenters. The highest BCUT2D eigenvalue weighted by Gasteiger charge is 2.26. The first kappa shape index (κ1) is 15.9. The van der Waals surface area contributed by atoms with Crippen molar-refractivity contribution in [2.45, 2.75) is 46.6 Å². The van der Waals surface area contributed by atoms with Crippen LogP contribution in [0.1, 0.15) is 40.5 Å². The van der Waals surface area contributed by atoms with Gasteiger partial charge in [-0.25, -0.2) is 0 Å². The molecule has 0 saturated carbocycles. The van der Waals surface area contributed by atoms with Crippen LogP contribution in [0.25, 0.3) is 0 Å². The molecule has 0 radical (unpaired) electrons. The molecule has 1 saturated heterocycles. The molecule has 0 aromatic rings. The standard InChI is InChI=1S/C15H33N3/c1-6-8-16-12-15(3,4)13-18-10-7-9-17(5)11-14(18)2/h14,16H,6-13H2,1-5H3. The molecular formula is C15H33N3. The van der Waals surface area contributed by atoms with Crippen LogP contribution in [0.5, 0.6) is 0 Å². The van der Waals surface area contributed by atoms with Crippen molar-refractivity contribution in [3.63, 3.8) is 0 Å². The average Bonchev–Trinajstić information content (AvgIpc) is 2.41. The van der Waals surface area contributed by atoms with Crippen molar-refractivity contribution in [2.24, 2.45) is 5.41 Å². The summed E-state index contributed by atoms with van der Waals surface area (Å²) in [5.41, 5.74) is 0.367. The van der Waals surface area contributed by atoms with Crippen LogP contribution >= 0.6 is 0 Å². The van der Waals surface area contributed by atoms with Crippen LogP contribution in [-0.2, 0) is 0 Å². The molecule has 18 heavy (non-hydrogen) atoms. The van der Waals surface area contributed by atoms with E-state index < -0.39 is 0 Å². The quantitative estimate of drug-likeness (QED) is 0.733. The van der Waals surface area contributed by atoms with Crippen molar-refractivity contribution in [3.05, 3.63) is 0 Å². The maximum absolute atomic E-state index is 3.57. The van der Waals surface area contributed by atoms with E-state index in [0.717, 1.165) is 13.1 Å². The van der Waals surface area contributed by atoms with Crippen molar-refractivity contribution < 1.29 is 0 Å². The Morgan fingerprint density at radius 3 is 2.67 bits per heavy atom. The van der Waals surface area contributed by atoms with Crippen molar-refractivity contribution in [3.8, 4) is 0 Å². The number of hydrogen-bond donors (Lipinski definition) is 1. The highest BCUT2D eigenvalue weighted by molar-refractivity contribution is 4.82. The molecule has 1 rings (SSSR count). The van der Waals surface area contributed by atoms with E-state index in [1.54, 1.807) is 0 Å². The van der Waals surface area contributed by atoms with Gasteiger partial charge in [0.15, 0.2) is 0 Å². The fraction of sp³-hybridized carbons (Fsp3) is 1.00. The van der Waals surface area contributed by atoms with Crippen molar-refractivity contribution in [1.29, 1.82) is 0 Å². The molecule has 0 aromatic heterocycles. The zero-order valence-electron chi connectivity index (χ0n) is 13.1. The maximum Gasteiger partial charge on any atom is 0.0195 e. The summed E-state index contributed by atoms with van der Waals surface area (Å²) >= 11 is 0. The summed E-state index contributed by atoms with van der Waals surface area (Å²) in [4.78, 5) is 5.14. The topological polar surface area (TPSA) is 18.5 Å². The Kier molecular flexibility index (Phi) is 6.61. The molecule has 0 spiro atoms. The minimum atomic E-state index is 0.367. The first-order valence-corrected chi connectivity index (χ1v) is 7.58. The van der Waals surface area contributed by atoms with Crippen molar-refractivity contribution >= 4 is 0 Å². The molecule has 1 aliphatic rings. The fourth-order valence-electron chi connectivity index (χ4n) is 2.87. The van der Waals surface area contributed by atoms with E-state index >= 15 is 0 Å². The van der Waals surface area contributed by atoms with Gasteiger partial charge in [-0.15, -0.1) is 0 Å². The predicted octanol–water partition coefficient (Wildman–Crippen LogP) is 2.04. The molecule has 1 N–H and O–H groups in total.